The number of hydrogen-bond acceptors (Lipinski definition) is 12. The van der Waals surface area contributed by atoms with Gasteiger partial charge in [-0.3, -0.25) is 9.69 Å². The molecule has 1 heterocycles. The molecule has 0 amide bonds. The van der Waals surface area contributed by atoms with Crippen molar-refractivity contribution in [3.8, 4) is 0 Å². The number of esters is 2. The molecule has 4 unspecified atom stereocenters. The van der Waals surface area contributed by atoms with Crippen molar-refractivity contribution in [1.82, 2.24) is 4.90 Å². The van der Waals surface area contributed by atoms with E-state index in [9.17, 15) is 24.9 Å². The first kappa shape index (κ1) is 34.9. The standard InChI is InChI=1S/C34H45Cl2NO11/c1-7-37-13-31(14-43-3)19(39)11-20(44-4)33-16-12-32(42)28(47-30(41)21-17(35)9-8-10-18(21)36)22(16)34(48-15(2)38,27(40)29(32)46-6)23(26(33)37)24(45-5)25(31)33/h8-10,16,19-20,22-29,39-40,42H,7,11-14H2,1-6H3/t16?,19-,20+,22?,23+,24+,25?,26?,27+,28-,29+,31+,32-,33+,34-/m1/s1. The summed E-state index contributed by atoms with van der Waals surface area (Å²) in [5.41, 5.74) is -5.44. The van der Waals surface area contributed by atoms with E-state index in [1.165, 1.54) is 26.2 Å². The number of benzene rings is 1. The maximum Gasteiger partial charge on any atom is 0.341 e. The van der Waals surface area contributed by atoms with Gasteiger partial charge in [-0.05, 0) is 31.0 Å². The number of fused-ring (bicyclic) bond motifs is 2. The molecule has 0 radical (unpaired) electrons. The highest BCUT2D eigenvalue weighted by molar-refractivity contribution is 6.39. The average molecular weight is 715 g/mol. The summed E-state index contributed by atoms with van der Waals surface area (Å²) in [5, 5.41) is 37.5. The van der Waals surface area contributed by atoms with Gasteiger partial charge in [-0.15, -0.1) is 0 Å². The minimum absolute atomic E-state index is 0.0111. The second-order valence-electron chi connectivity index (χ2n) is 14.7. The molecule has 1 aromatic rings. The lowest BCUT2D eigenvalue weighted by Crippen LogP contribution is -2.81. The number of aliphatic hydroxyl groups excluding tert-OH is 2. The van der Waals surface area contributed by atoms with E-state index in [2.05, 4.69) is 4.90 Å². The molecule has 7 rings (SSSR count). The maximum atomic E-state index is 14.0. The van der Waals surface area contributed by atoms with Gasteiger partial charge < -0.3 is 43.7 Å². The van der Waals surface area contributed by atoms with E-state index >= 15 is 0 Å². The van der Waals surface area contributed by atoms with Gasteiger partial charge in [0, 0.05) is 83.0 Å². The van der Waals surface area contributed by atoms with Crippen molar-refractivity contribution in [2.75, 3.05) is 48.1 Å². The number of hydrogen-bond donors (Lipinski definition) is 3. The molecule has 48 heavy (non-hydrogen) atoms. The Morgan fingerprint density at radius 3 is 2.27 bits per heavy atom. The third kappa shape index (κ3) is 3.96. The molecule has 0 aromatic heterocycles. The van der Waals surface area contributed by atoms with Crippen molar-refractivity contribution in [2.24, 2.45) is 34.5 Å². The van der Waals surface area contributed by atoms with Crippen LogP contribution in [0.3, 0.4) is 0 Å². The zero-order chi connectivity index (χ0) is 34.7. The van der Waals surface area contributed by atoms with Crippen LogP contribution in [0.5, 0.6) is 0 Å². The fourth-order valence-electron chi connectivity index (χ4n) is 12.4. The highest BCUT2D eigenvalue weighted by Crippen LogP contribution is 2.80. The van der Waals surface area contributed by atoms with Crippen molar-refractivity contribution in [2.45, 2.75) is 80.6 Å². The molecule has 14 heteroatoms. The summed E-state index contributed by atoms with van der Waals surface area (Å²) in [7, 11) is 6.17. The minimum Gasteiger partial charge on any atom is -0.455 e. The number of methoxy groups -OCH3 is 4. The number of halogens is 2. The Kier molecular flexibility index (Phi) is 8.51. The number of aliphatic hydroxyl groups is 3. The summed E-state index contributed by atoms with van der Waals surface area (Å²) in [6, 6.07) is 4.24. The first-order valence-electron chi connectivity index (χ1n) is 16.6. The Morgan fingerprint density at radius 2 is 1.71 bits per heavy atom. The van der Waals surface area contributed by atoms with Gasteiger partial charge in [0.1, 0.15) is 23.9 Å². The number of piperidine rings is 1. The Morgan fingerprint density at radius 1 is 1.02 bits per heavy atom. The highest BCUT2D eigenvalue weighted by atomic mass is 35.5. The second-order valence-corrected chi connectivity index (χ2v) is 15.5. The Balaban J connectivity index is 1.53. The van der Waals surface area contributed by atoms with Crippen LogP contribution in [0.4, 0.5) is 0 Å². The molecule has 15 atom stereocenters. The average Bonchev–Trinajstić information content (AvgIpc) is 3.41. The predicted molar refractivity (Wildman–Crippen MR) is 170 cm³/mol. The van der Waals surface area contributed by atoms with Gasteiger partial charge >= 0.3 is 11.9 Å². The summed E-state index contributed by atoms with van der Waals surface area (Å²) in [6.07, 6.45) is -5.98. The summed E-state index contributed by atoms with van der Waals surface area (Å²) in [6.45, 7) is 4.54. The van der Waals surface area contributed by atoms with Crippen LogP contribution in [0, 0.1) is 34.5 Å². The van der Waals surface area contributed by atoms with Gasteiger partial charge in [-0.2, -0.15) is 0 Å². The fraction of sp³-hybridized carbons (Fsp3) is 0.765. The van der Waals surface area contributed by atoms with Gasteiger partial charge in [0.15, 0.2) is 5.60 Å². The van der Waals surface area contributed by atoms with E-state index in [0.29, 0.717) is 13.1 Å². The molecule has 7 bridgehead atoms. The fourth-order valence-corrected chi connectivity index (χ4v) is 13.0. The molecule has 5 aliphatic carbocycles. The quantitative estimate of drug-likeness (QED) is 0.321. The van der Waals surface area contributed by atoms with Crippen molar-refractivity contribution < 1.29 is 53.3 Å². The number of likely N-dealkylation sites (tertiary alicyclic amines) is 1. The van der Waals surface area contributed by atoms with Gasteiger partial charge in [-0.1, -0.05) is 36.2 Å². The van der Waals surface area contributed by atoms with Gasteiger partial charge in [0.25, 0.3) is 0 Å². The van der Waals surface area contributed by atoms with Crippen molar-refractivity contribution in [1.29, 1.82) is 0 Å². The van der Waals surface area contributed by atoms with Crippen LogP contribution in [0.1, 0.15) is 37.0 Å². The van der Waals surface area contributed by atoms with E-state index in [4.69, 9.17) is 51.6 Å². The predicted octanol–water partition coefficient (Wildman–Crippen LogP) is 1.95. The van der Waals surface area contributed by atoms with Gasteiger partial charge in [0.2, 0.25) is 0 Å². The lowest BCUT2D eigenvalue weighted by atomic mass is 9.42. The lowest BCUT2D eigenvalue weighted by Gasteiger charge is -2.70. The minimum atomic E-state index is -1.93. The van der Waals surface area contributed by atoms with E-state index in [0.717, 1.165) is 0 Å². The maximum absolute atomic E-state index is 14.0. The van der Waals surface area contributed by atoms with Crippen LogP contribution in [0.15, 0.2) is 18.2 Å². The summed E-state index contributed by atoms with van der Waals surface area (Å²) in [5.74, 6) is -4.19. The molecular weight excluding hydrogens is 669 g/mol. The van der Waals surface area contributed by atoms with E-state index < -0.39 is 94.3 Å². The monoisotopic (exact) mass is 713 g/mol. The summed E-state index contributed by atoms with van der Waals surface area (Å²) < 4.78 is 37.4. The first-order chi connectivity index (χ1) is 22.8. The molecule has 1 aromatic carbocycles. The number of carbonyl (C=O) groups is 2. The number of carbonyl (C=O) groups excluding carboxylic acids is 2. The Hall–Kier alpha value is -1.58. The van der Waals surface area contributed by atoms with Crippen molar-refractivity contribution in [3.63, 3.8) is 0 Å². The largest absolute Gasteiger partial charge is 0.455 e. The molecule has 3 N–H and O–H groups in total. The third-order valence-corrected chi connectivity index (χ3v) is 13.9. The lowest BCUT2D eigenvalue weighted by molar-refractivity contribution is -0.322. The smallest absolute Gasteiger partial charge is 0.341 e. The molecule has 5 saturated carbocycles. The van der Waals surface area contributed by atoms with Crippen LogP contribution in [-0.4, -0.2) is 134 Å². The van der Waals surface area contributed by atoms with E-state index in [-0.39, 0.29) is 41.1 Å². The number of ether oxygens (including phenoxy) is 6. The van der Waals surface area contributed by atoms with Gasteiger partial charge in [0.05, 0.1) is 40.5 Å². The van der Waals surface area contributed by atoms with E-state index in [1.807, 2.05) is 6.92 Å². The zero-order valence-corrected chi connectivity index (χ0v) is 29.4. The molecule has 1 spiro atoms. The highest BCUT2D eigenvalue weighted by Gasteiger charge is 2.92. The molecule has 12 nitrogen and oxygen atoms in total. The summed E-state index contributed by atoms with van der Waals surface area (Å²) in [4.78, 5) is 29.6. The van der Waals surface area contributed by atoms with Crippen LogP contribution >= 0.6 is 23.2 Å². The molecule has 1 aliphatic heterocycles. The molecule has 6 aliphatic rings. The third-order valence-electron chi connectivity index (χ3n) is 13.3. The Labute approximate surface area is 289 Å². The number of rotatable bonds is 9. The second kappa shape index (κ2) is 11.7. The first-order valence-corrected chi connectivity index (χ1v) is 17.3. The number of nitrogens with zero attached hydrogens (tertiary/aromatic N) is 1. The van der Waals surface area contributed by atoms with Crippen LogP contribution < -0.4 is 0 Å². The van der Waals surface area contributed by atoms with Crippen molar-refractivity contribution in [3.05, 3.63) is 33.8 Å². The Bertz CT molecular complexity index is 1460. The van der Waals surface area contributed by atoms with E-state index in [1.54, 1.807) is 27.4 Å². The van der Waals surface area contributed by atoms with Crippen molar-refractivity contribution >= 4 is 35.1 Å². The van der Waals surface area contributed by atoms with Crippen LogP contribution in [0.2, 0.25) is 10.0 Å². The molecule has 6 fully saturated rings. The van der Waals surface area contributed by atoms with Gasteiger partial charge in [-0.25, -0.2) is 4.79 Å². The topological polar surface area (TPSA) is 153 Å². The normalized spacial score (nSPS) is 48.4. The van der Waals surface area contributed by atoms with Crippen LogP contribution in [-0.2, 0) is 33.2 Å². The zero-order valence-electron chi connectivity index (χ0n) is 27.9. The van der Waals surface area contributed by atoms with Crippen LogP contribution in [0.25, 0.3) is 0 Å². The molecule has 266 valence electrons. The SMILES string of the molecule is CCN1C[C@@]2(COC)C3[C@@H](OC)[C@H]4C1[C@@]3(C1C[C@@]3(O)[C@H](OC(=O)c5c(Cl)cccc5Cl)C1[C@]4(OC(C)=O)[C@@H](O)[C@@H]3OC)[C@@H](OC)C[C@H]2O. The molecular formula is C34H45Cl2NO11. The molecule has 1 saturated heterocycles. The summed E-state index contributed by atoms with van der Waals surface area (Å²) >= 11 is 12.9.